The maximum absolute atomic E-state index is 13.1. The van der Waals surface area contributed by atoms with Crippen molar-refractivity contribution in [3.05, 3.63) is 47.5 Å². The third-order valence-corrected chi connectivity index (χ3v) is 8.86. The van der Waals surface area contributed by atoms with E-state index < -0.39 is 20.0 Å². The number of halogens is 1. The number of nitrogens with zero attached hydrogens (tertiary/aromatic N) is 2. The Hall–Kier alpha value is -1.85. The van der Waals surface area contributed by atoms with Crippen LogP contribution in [0.15, 0.2) is 52.3 Å². The molecule has 8 nitrogen and oxygen atoms in total. The van der Waals surface area contributed by atoms with Crippen LogP contribution < -0.4 is 9.47 Å². The predicted octanol–water partition coefficient (Wildman–Crippen LogP) is 2.83. The molecule has 11 heteroatoms. The highest BCUT2D eigenvalue weighted by Gasteiger charge is 2.34. The van der Waals surface area contributed by atoms with Crippen molar-refractivity contribution in [2.75, 3.05) is 39.4 Å². The van der Waals surface area contributed by atoms with Crippen LogP contribution in [0.4, 0.5) is 0 Å². The van der Waals surface area contributed by atoms with E-state index in [4.69, 9.17) is 21.1 Å². The van der Waals surface area contributed by atoms with Gasteiger partial charge in [-0.15, -0.1) is 0 Å². The molecular weight excluding hydrogens is 464 g/mol. The van der Waals surface area contributed by atoms with E-state index in [1.807, 2.05) is 6.92 Å². The van der Waals surface area contributed by atoms with E-state index in [0.717, 1.165) is 0 Å². The fraction of sp³-hybridized carbons (Fsp3) is 0.400. The molecule has 0 saturated carbocycles. The zero-order valence-corrected chi connectivity index (χ0v) is 19.7. The van der Waals surface area contributed by atoms with Crippen molar-refractivity contribution in [1.82, 2.24) is 8.61 Å². The summed E-state index contributed by atoms with van der Waals surface area (Å²) in [5.41, 5.74) is 0. The van der Waals surface area contributed by atoms with Crippen LogP contribution in [0.3, 0.4) is 0 Å². The molecule has 2 aromatic carbocycles. The summed E-state index contributed by atoms with van der Waals surface area (Å²) in [6.45, 7) is 4.63. The maximum atomic E-state index is 13.1. The highest BCUT2D eigenvalue weighted by Crippen LogP contribution is 2.32. The SMILES string of the molecule is CCOc1ccc(S(=O)(=O)N2CCN(S(=O)(=O)c3ccc(Cl)cc3)CC2)cc1OCC. The first kappa shape index (κ1) is 23.8. The zero-order chi connectivity index (χ0) is 22.6. The molecule has 0 atom stereocenters. The Balaban J connectivity index is 1.76. The molecule has 1 aliphatic rings. The largest absolute Gasteiger partial charge is 0.490 e. The summed E-state index contributed by atoms with van der Waals surface area (Å²) in [6, 6.07) is 10.4. The lowest BCUT2D eigenvalue weighted by molar-refractivity contribution is 0.272. The quantitative estimate of drug-likeness (QED) is 0.567. The Labute approximate surface area is 188 Å². The molecule has 3 rings (SSSR count). The highest BCUT2D eigenvalue weighted by atomic mass is 35.5. The summed E-state index contributed by atoms with van der Waals surface area (Å²) in [4.78, 5) is 0.203. The van der Waals surface area contributed by atoms with E-state index in [2.05, 4.69) is 0 Å². The van der Waals surface area contributed by atoms with Crippen molar-refractivity contribution in [3.63, 3.8) is 0 Å². The number of rotatable bonds is 8. The van der Waals surface area contributed by atoms with Gasteiger partial charge in [0, 0.05) is 37.3 Å². The first-order chi connectivity index (χ1) is 14.7. The minimum absolute atomic E-state index is 0.0479. The summed E-state index contributed by atoms with van der Waals surface area (Å²) in [5, 5.41) is 0.441. The van der Waals surface area contributed by atoms with Crippen LogP contribution in [-0.4, -0.2) is 64.8 Å². The van der Waals surface area contributed by atoms with Gasteiger partial charge < -0.3 is 9.47 Å². The molecule has 0 spiro atoms. The van der Waals surface area contributed by atoms with E-state index >= 15 is 0 Å². The van der Waals surface area contributed by atoms with E-state index in [0.29, 0.717) is 29.7 Å². The number of piperazine rings is 1. The van der Waals surface area contributed by atoms with Gasteiger partial charge in [0.1, 0.15) is 0 Å². The molecular formula is C20H25ClN2O6S2. The molecule has 1 heterocycles. The topological polar surface area (TPSA) is 93.2 Å². The van der Waals surface area contributed by atoms with Crippen molar-refractivity contribution in [3.8, 4) is 11.5 Å². The molecule has 0 aliphatic carbocycles. The normalized spacial score (nSPS) is 16.2. The van der Waals surface area contributed by atoms with Crippen LogP contribution >= 0.6 is 11.6 Å². The molecule has 0 radical (unpaired) electrons. The van der Waals surface area contributed by atoms with Crippen molar-refractivity contribution in [2.45, 2.75) is 23.6 Å². The van der Waals surface area contributed by atoms with Gasteiger partial charge in [-0.25, -0.2) is 16.8 Å². The molecule has 1 aliphatic heterocycles. The lowest BCUT2D eigenvalue weighted by Crippen LogP contribution is -2.50. The molecule has 0 aromatic heterocycles. The third-order valence-electron chi connectivity index (χ3n) is 4.80. The van der Waals surface area contributed by atoms with Crippen LogP contribution in [-0.2, 0) is 20.0 Å². The van der Waals surface area contributed by atoms with Gasteiger partial charge in [0.15, 0.2) is 11.5 Å². The van der Waals surface area contributed by atoms with Crippen molar-refractivity contribution < 1.29 is 26.3 Å². The average Bonchev–Trinajstić information content (AvgIpc) is 2.75. The molecule has 0 N–H and O–H groups in total. The number of sulfonamides is 2. The van der Waals surface area contributed by atoms with E-state index in [-0.39, 0.29) is 36.0 Å². The smallest absolute Gasteiger partial charge is 0.243 e. The van der Waals surface area contributed by atoms with Crippen molar-refractivity contribution in [1.29, 1.82) is 0 Å². The molecule has 170 valence electrons. The van der Waals surface area contributed by atoms with Crippen LogP contribution in [0.2, 0.25) is 5.02 Å². The van der Waals surface area contributed by atoms with Crippen LogP contribution in [0, 0.1) is 0 Å². The van der Waals surface area contributed by atoms with Gasteiger partial charge in [-0.05, 0) is 50.2 Å². The maximum Gasteiger partial charge on any atom is 0.243 e. The monoisotopic (exact) mass is 488 g/mol. The van der Waals surface area contributed by atoms with Crippen molar-refractivity contribution >= 4 is 31.6 Å². The van der Waals surface area contributed by atoms with Gasteiger partial charge in [-0.2, -0.15) is 8.61 Å². The van der Waals surface area contributed by atoms with Crippen molar-refractivity contribution in [2.24, 2.45) is 0 Å². The summed E-state index contributed by atoms with van der Waals surface area (Å²) >= 11 is 5.83. The standard InChI is InChI=1S/C20H25ClN2O6S2/c1-3-28-19-10-9-18(15-20(19)29-4-2)31(26,27)23-13-11-22(12-14-23)30(24,25)17-7-5-16(21)6-8-17/h5-10,15H,3-4,11-14H2,1-2H3. The first-order valence-corrected chi connectivity index (χ1v) is 13.1. The van der Waals surface area contributed by atoms with E-state index in [1.165, 1.54) is 45.0 Å². The molecule has 0 unspecified atom stereocenters. The van der Waals surface area contributed by atoms with E-state index in [1.54, 1.807) is 13.0 Å². The summed E-state index contributed by atoms with van der Waals surface area (Å²) in [7, 11) is -7.54. The molecule has 0 bridgehead atoms. The van der Waals surface area contributed by atoms with Gasteiger partial charge in [0.25, 0.3) is 0 Å². The van der Waals surface area contributed by atoms with Crippen LogP contribution in [0.1, 0.15) is 13.8 Å². The second-order valence-electron chi connectivity index (χ2n) is 6.74. The van der Waals surface area contributed by atoms with Crippen LogP contribution in [0.5, 0.6) is 11.5 Å². The van der Waals surface area contributed by atoms with Gasteiger partial charge in [0.2, 0.25) is 20.0 Å². The second kappa shape index (κ2) is 9.74. The number of hydrogen-bond donors (Lipinski definition) is 0. The molecule has 2 aromatic rings. The number of benzene rings is 2. The molecule has 0 amide bonds. The zero-order valence-electron chi connectivity index (χ0n) is 17.3. The Morgan fingerprint density at radius 2 is 1.19 bits per heavy atom. The fourth-order valence-electron chi connectivity index (χ4n) is 3.25. The summed E-state index contributed by atoms with van der Waals surface area (Å²) in [6.07, 6.45) is 0. The van der Waals surface area contributed by atoms with Gasteiger partial charge >= 0.3 is 0 Å². The van der Waals surface area contributed by atoms with Gasteiger partial charge in [0.05, 0.1) is 23.0 Å². The number of hydrogen-bond acceptors (Lipinski definition) is 6. The Morgan fingerprint density at radius 1 is 0.742 bits per heavy atom. The fourth-order valence-corrected chi connectivity index (χ4v) is 6.23. The Kier molecular flexibility index (Phi) is 7.48. The molecule has 31 heavy (non-hydrogen) atoms. The summed E-state index contributed by atoms with van der Waals surface area (Å²) < 4.78 is 65.5. The second-order valence-corrected chi connectivity index (χ2v) is 11.0. The minimum atomic E-state index is -3.81. The van der Waals surface area contributed by atoms with E-state index in [9.17, 15) is 16.8 Å². The summed E-state index contributed by atoms with van der Waals surface area (Å²) in [5.74, 6) is 0.830. The average molecular weight is 489 g/mol. The first-order valence-electron chi connectivity index (χ1n) is 9.85. The third kappa shape index (κ3) is 5.15. The van der Waals surface area contributed by atoms with Crippen LogP contribution in [0.25, 0.3) is 0 Å². The molecule has 1 saturated heterocycles. The molecule has 1 fully saturated rings. The van der Waals surface area contributed by atoms with Gasteiger partial charge in [-0.3, -0.25) is 0 Å². The lowest BCUT2D eigenvalue weighted by Gasteiger charge is -2.33. The number of ether oxygens (including phenoxy) is 2. The predicted molar refractivity (Wildman–Crippen MR) is 118 cm³/mol. The Morgan fingerprint density at radius 3 is 1.71 bits per heavy atom. The highest BCUT2D eigenvalue weighted by molar-refractivity contribution is 7.89. The lowest BCUT2D eigenvalue weighted by atomic mass is 10.3. The Bertz CT molecular complexity index is 1110. The minimum Gasteiger partial charge on any atom is -0.490 e. The van der Waals surface area contributed by atoms with Gasteiger partial charge in [-0.1, -0.05) is 11.6 Å².